The number of carbonyl (C=O) groups excluding carboxylic acids is 3. The number of carbonyl (C=O) groups is 3. The standard InChI is InChI=1S/C27H30N2O3S.C4H6O3/c1-4-31-27(30)20(3)14-19(2)15-23-18-33-26(29-23)25(28)16-21-10-12-24(13-11-21)32-17-22-8-6-5-7-9-22;1-7-3-4(6)2-5/h5-15,18,25H,4,16-17,28H2,1-3H3;2H,3H2,1H3/b19-15+,20-14-;/t25-;/m0./s1. The van der Waals surface area contributed by atoms with E-state index in [1.807, 2.05) is 73.0 Å². The third kappa shape index (κ3) is 11.9. The molecule has 3 aromatic rings. The Balaban J connectivity index is 0.000000708. The second-order valence-electron chi connectivity index (χ2n) is 8.79. The predicted molar refractivity (Wildman–Crippen MR) is 157 cm³/mol. The van der Waals surface area contributed by atoms with Crippen LogP contribution >= 0.6 is 11.3 Å². The molecule has 40 heavy (non-hydrogen) atoms. The zero-order chi connectivity index (χ0) is 29.3. The fourth-order valence-electron chi connectivity index (χ4n) is 3.44. The molecule has 0 amide bonds. The van der Waals surface area contributed by atoms with Crippen molar-refractivity contribution in [1.82, 2.24) is 4.98 Å². The van der Waals surface area contributed by atoms with Crippen LogP contribution in [-0.4, -0.2) is 43.3 Å². The number of rotatable bonds is 13. The van der Waals surface area contributed by atoms with E-state index in [0.717, 1.165) is 33.2 Å². The normalized spacial score (nSPS) is 12.1. The Morgan fingerprint density at radius 2 is 1.75 bits per heavy atom. The zero-order valence-corrected chi connectivity index (χ0v) is 24.1. The molecule has 212 valence electrons. The van der Waals surface area contributed by atoms with Crippen molar-refractivity contribution in [3.63, 3.8) is 0 Å². The minimum Gasteiger partial charge on any atom is -0.489 e. The third-order valence-corrected chi connectivity index (χ3v) is 6.31. The van der Waals surface area contributed by atoms with E-state index in [0.29, 0.717) is 25.2 Å². The van der Waals surface area contributed by atoms with Crippen molar-refractivity contribution in [2.45, 2.75) is 39.8 Å². The van der Waals surface area contributed by atoms with Crippen LogP contribution in [-0.2, 0) is 36.9 Å². The van der Waals surface area contributed by atoms with Gasteiger partial charge >= 0.3 is 5.97 Å². The van der Waals surface area contributed by atoms with Gasteiger partial charge in [-0.2, -0.15) is 0 Å². The van der Waals surface area contributed by atoms with Gasteiger partial charge in [0.15, 0.2) is 6.29 Å². The number of aldehydes is 1. The summed E-state index contributed by atoms with van der Waals surface area (Å²) >= 11 is 1.54. The van der Waals surface area contributed by atoms with Crippen LogP contribution in [0.5, 0.6) is 5.75 Å². The van der Waals surface area contributed by atoms with E-state index in [4.69, 9.17) is 15.2 Å². The molecule has 0 unspecified atom stereocenters. The molecule has 3 rings (SSSR count). The Morgan fingerprint density at radius 1 is 1.05 bits per heavy atom. The number of aromatic nitrogens is 1. The van der Waals surface area contributed by atoms with Crippen molar-refractivity contribution in [2.75, 3.05) is 20.3 Å². The second kappa shape index (κ2) is 17.6. The minimum atomic E-state index is -0.525. The largest absolute Gasteiger partial charge is 0.489 e. The molecule has 8 nitrogen and oxygen atoms in total. The van der Waals surface area contributed by atoms with Crippen LogP contribution < -0.4 is 10.5 Å². The highest BCUT2D eigenvalue weighted by molar-refractivity contribution is 7.09. The fourth-order valence-corrected chi connectivity index (χ4v) is 4.22. The van der Waals surface area contributed by atoms with Gasteiger partial charge in [0, 0.05) is 18.1 Å². The molecule has 0 bridgehead atoms. The van der Waals surface area contributed by atoms with Crippen molar-refractivity contribution in [3.05, 3.63) is 99.0 Å². The van der Waals surface area contributed by atoms with E-state index >= 15 is 0 Å². The Bertz CT molecular complexity index is 1280. The summed E-state index contributed by atoms with van der Waals surface area (Å²) in [6.45, 7) is 6.27. The number of hydrogen-bond donors (Lipinski definition) is 1. The average Bonchev–Trinajstić information content (AvgIpc) is 3.42. The molecule has 1 heterocycles. The lowest BCUT2D eigenvalue weighted by Gasteiger charge is -2.10. The summed E-state index contributed by atoms with van der Waals surface area (Å²) in [7, 11) is 1.36. The molecule has 0 fully saturated rings. The number of esters is 1. The maximum Gasteiger partial charge on any atom is 0.333 e. The predicted octanol–water partition coefficient (Wildman–Crippen LogP) is 5.28. The quantitative estimate of drug-likeness (QED) is 0.0980. The van der Waals surface area contributed by atoms with Crippen LogP contribution in [0.2, 0.25) is 0 Å². The first kappa shape index (κ1) is 32.3. The molecular weight excluding hydrogens is 528 g/mol. The van der Waals surface area contributed by atoms with Crippen LogP contribution in [0.15, 0.2) is 77.2 Å². The van der Waals surface area contributed by atoms with Crippen LogP contribution in [0.25, 0.3) is 6.08 Å². The van der Waals surface area contributed by atoms with Crippen LogP contribution in [0.1, 0.15) is 48.6 Å². The van der Waals surface area contributed by atoms with Gasteiger partial charge in [0.25, 0.3) is 0 Å². The SMILES string of the molecule is CCOC(=O)/C(C)=C\C(C)=C\c1csc([C@@H](N)Cc2ccc(OCc3ccccc3)cc2)n1.COCC(=O)C=O. The number of methoxy groups -OCH3 is 1. The molecule has 0 saturated carbocycles. The van der Waals surface area contributed by atoms with Gasteiger partial charge < -0.3 is 19.9 Å². The van der Waals surface area contributed by atoms with E-state index < -0.39 is 5.78 Å². The first-order chi connectivity index (χ1) is 19.2. The fraction of sp³-hybridized carbons (Fsp3) is 0.290. The highest BCUT2D eigenvalue weighted by atomic mass is 32.1. The average molecular weight is 565 g/mol. The monoisotopic (exact) mass is 564 g/mol. The van der Waals surface area contributed by atoms with Gasteiger partial charge in [0.2, 0.25) is 5.78 Å². The van der Waals surface area contributed by atoms with E-state index in [1.54, 1.807) is 31.3 Å². The first-order valence-corrected chi connectivity index (χ1v) is 13.6. The summed E-state index contributed by atoms with van der Waals surface area (Å²) in [5.41, 5.74) is 11.0. The Labute approximate surface area is 239 Å². The molecule has 1 aromatic heterocycles. The lowest BCUT2D eigenvalue weighted by Crippen LogP contribution is -2.13. The molecule has 0 aliphatic heterocycles. The number of hydrogen-bond acceptors (Lipinski definition) is 9. The van der Waals surface area contributed by atoms with Gasteiger partial charge in [-0.3, -0.25) is 9.59 Å². The van der Waals surface area contributed by atoms with Crippen LogP contribution in [0.3, 0.4) is 0 Å². The summed E-state index contributed by atoms with van der Waals surface area (Å²) < 4.78 is 15.2. The first-order valence-electron chi connectivity index (χ1n) is 12.7. The summed E-state index contributed by atoms with van der Waals surface area (Å²) in [5.74, 6) is 0.00436. The summed E-state index contributed by atoms with van der Waals surface area (Å²) in [6, 6.07) is 17.9. The molecule has 0 aliphatic carbocycles. The smallest absolute Gasteiger partial charge is 0.333 e. The zero-order valence-electron chi connectivity index (χ0n) is 23.3. The molecule has 2 N–H and O–H groups in total. The van der Waals surface area contributed by atoms with Gasteiger partial charge in [-0.15, -0.1) is 11.3 Å². The maximum atomic E-state index is 11.8. The van der Waals surface area contributed by atoms with Gasteiger partial charge in [0.05, 0.1) is 18.3 Å². The van der Waals surface area contributed by atoms with E-state index in [2.05, 4.69) is 9.72 Å². The highest BCUT2D eigenvalue weighted by Crippen LogP contribution is 2.23. The molecule has 9 heteroatoms. The van der Waals surface area contributed by atoms with Crippen molar-refractivity contribution in [2.24, 2.45) is 5.73 Å². The van der Waals surface area contributed by atoms with Crippen LogP contribution in [0.4, 0.5) is 0 Å². The van der Waals surface area contributed by atoms with Gasteiger partial charge in [0.1, 0.15) is 24.0 Å². The Kier molecular flexibility index (Phi) is 14.2. The topological polar surface area (TPSA) is 118 Å². The molecule has 1 atom stereocenters. The number of allylic oxidation sites excluding steroid dienone is 2. The van der Waals surface area contributed by atoms with Gasteiger partial charge in [-0.25, -0.2) is 9.78 Å². The third-order valence-electron chi connectivity index (χ3n) is 5.32. The van der Waals surface area contributed by atoms with E-state index in [-0.39, 0.29) is 24.9 Å². The van der Waals surface area contributed by atoms with Crippen molar-refractivity contribution < 1.29 is 28.6 Å². The number of nitrogens with zero attached hydrogens (tertiary/aromatic N) is 1. The molecule has 0 radical (unpaired) electrons. The molecule has 0 saturated heterocycles. The second-order valence-corrected chi connectivity index (χ2v) is 9.68. The van der Waals surface area contributed by atoms with Crippen molar-refractivity contribution >= 4 is 35.5 Å². The van der Waals surface area contributed by atoms with Gasteiger partial charge in [-0.05, 0) is 68.2 Å². The Hall–Kier alpha value is -3.92. The summed E-state index contributed by atoms with van der Waals surface area (Å²) in [5, 5.41) is 2.86. The summed E-state index contributed by atoms with van der Waals surface area (Å²) in [6.07, 6.45) is 4.67. The molecule has 0 aliphatic rings. The lowest BCUT2D eigenvalue weighted by atomic mass is 10.1. The molecule has 2 aromatic carbocycles. The van der Waals surface area contributed by atoms with Crippen LogP contribution in [0, 0.1) is 0 Å². The Morgan fingerprint density at radius 3 is 2.35 bits per heavy atom. The van der Waals surface area contributed by atoms with Crippen molar-refractivity contribution in [1.29, 1.82) is 0 Å². The highest BCUT2D eigenvalue weighted by Gasteiger charge is 2.12. The number of ether oxygens (including phenoxy) is 3. The number of Topliss-reactive ketones (excluding diaryl/α,β-unsaturated/α-hetero) is 1. The number of ketones is 1. The lowest BCUT2D eigenvalue weighted by molar-refractivity contribution is -0.138. The maximum absolute atomic E-state index is 11.8. The number of thiazole rings is 1. The number of nitrogens with two attached hydrogens (primary N) is 1. The minimum absolute atomic E-state index is 0.108. The summed E-state index contributed by atoms with van der Waals surface area (Å²) in [4.78, 5) is 35.8. The van der Waals surface area contributed by atoms with Gasteiger partial charge in [-0.1, -0.05) is 42.5 Å². The number of benzene rings is 2. The van der Waals surface area contributed by atoms with E-state index in [9.17, 15) is 14.4 Å². The van der Waals surface area contributed by atoms with Crippen molar-refractivity contribution in [3.8, 4) is 5.75 Å². The molecule has 0 spiro atoms. The molecular formula is C31H36N2O6S. The van der Waals surface area contributed by atoms with E-state index in [1.165, 1.54) is 7.11 Å².